The summed E-state index contributed by atoms with van der Waals surface area (Å²) in [6.07, 6.45) is 0. The van der Waals surface area contributed by atoms with Crippen LogP contribution in [0.4, 0.5) is 5.69 Å². The zero-order valence-electron chi connectivity index (χ0n) is 12.7. The minimum absolute atomic E-state index is 0.0604. The minimum Gasteiger partial charge on any atom is -0.466 e. The number of para-hydroxylation sites is 1. The molecule has 0 radical (unpaired) electrons. The topological polar surface area (TPSA) is 69.4 Å². The van der Waals surface area contributed by atoms with Crippen molar-refractivity contribution in [3.8, 4) is 0 Å². The maximum atomic E-state index is 12.3. The van der Waals surface area contributed by atoms with Crippen LogP contribution in [0.15, 0.2) is 54.6 Å². The molecule has 0 aliphatic heterocycles. The van der Waals surface area contributed by atoms with Gasteiger partial charge in [-0.25, -0.2) is 0 Å². The van der Waals surface area contributed by atoms with Crippen LogP contribution in [0.1, 0.15) is 29.9 Å². The summed E-state index contributed by atoms with van der Waals surface area (Å²) in [5.41, 5.74) is 1.67. The van der Waals surface area contributed by atoms with Gasteiger partial charge in [-0.05, 0) is 12.5 Å². The average molecular weight is 311 g/mol. The van der Waals surface area contributed by atoms with Crippen LogP contribution in [-0.4, -0.2) is 17.5 Å². The van der Waals surface area contributed by atoms with Crippen molar-refractivity contribution < 1.29 is 14.5 Å². The summed E-state index contributed by atoms with van der Waals surface area (Å²) in [4.78, 5) is 23.2. The molecule has 2 aromatic rings. The molecule has 1 aliphatic carbocycles. The summed E-state index contributed by atoms with van der Waals surface area (Å²) in [5.74, 6) is -0.933. The number of esters is 1. The number of nitro benzene ring substituents is 1. The molecule has 0 saturated heterocycles. The number of carbonyl (C=O) groups is 1. The predicted octanol–water partition coefficient (Wildman–Crippen LogP) is 3.66. The summed E-state index contributed by atoms with van der Waals surface area (Å²) in [5, 5.41) is 11.3. The van der Waals surface area contributed by atoms with E-state index >= 15 is 0 Å². The second-order valence-electron chi connectivity index (χ2n) is 5.56. The van der Waals surface area contributed by atoms with Crippen molar-refractivity contribution >= 4 is 11.7 Å². The van der Waals surface area contributed by atoms with Crippen LogP contribution < -0.4 is 0 Å². The van der Waals surface area contributed by atoms with E-state index < -0.39 is 4.92 Å². The predicted molar refractivity (Wildman–Crippen MR) is 85.1 cm³/mol. The summed E-state index contributed by atoms with van der Waals surface area (Å²) >= 11 is 0. The van der Waals surface area contributed by atoms with Crippen LogP contribution in [-0.2, 0) is 9.53 Å². The molecule has 0 aromatic heterocycles. The van der Waals surface area contributed by atoms with Crippen molar-refractivity contribution in [3.63, 3.8) is 0 Å². The van der Waals surface area contributed by atoms with E-state index in [1.54, 1.807) is 25.1 Å². The van der Waals surface area contributed by atoms with Gasteiger partial charge < -0.3 is 4.74 Å². The number of hydrogen-bond acceptors (Lipinski definition) is 4. The summed E-state index contributed by atoms with van der Waals surface area (Å²) in [6, 6.07) is 16.3. The first-order chi connectivity index (χ1) is 11.1. The summed E-state index contributed by atoms with van der Waals surface area (Å²) in [6.45, 7) is 2.07. The van der Waals surface area contributed by atoms with Gasteiger partial charge in [0, 0.05) is 23.5 Å². The zero-order chi connectivity index (χ0) is 16.4. The SMILES string of the molecule is CCOC(=O)C1C(c2ccccc2)C1c1ccccc1[N+](=O)[O-]. The Balaban J connectivity index is 1.99. The van der Waals surface area contributed by atoms with Crippen molar-refractivity contribution in [1.82, 2.24) is 0 Å². The Hall–Kier alpha value is -2.69. The molecule has 3 rings (SSSR count). The number of hydrogen-bond donors (Lipinski definition) is 0. The van der Waals surface area contributed by atoms with Gasteiger partial charge in [0.1, 0.15) is 0 Å². The molecule has 1 aliphatic rings. The number of ether oxygens (including phenoxy) is 1. The van der Waals surface area contributed by atoms with Gasteiger partial charge in [-0.2, -0.15) is 0 Å². The van der Waals surface area contributed by atoms with E-state index in [9.17, 15) is 14.9 Å². The Bertz CT molecular complexity index is 729. The maximum absolute atomic E-state index is 12.3. The third kappa shape index (κ3) is 2.82. The normalized spacial score (nSPS) is 22.4. The van der Waals surface area contributed by atoms with E-state index in [1.165, 1.54) is 6.07 Å². The molecule has 1 saturated carbocycles. The highest BCUT2D eigenvalue weighted by Gasteiger charge is 2.58. The molecule has 118 valence electrons. The molecule has 5 heteroatoms. The smallest absolute Gasteiger partial charge is 0.310 e. The summed E-state index contributed by atoms with van der Waals surface area (Å²) in [7, 11) is 0. The van der Waals surface area contributed by atoms with E-state index in [-0.39, 0.29) is 29.4 Å². The Labute approximate surface area is 134 Å². The van der Waals surface area contributed by atoms with Crippen molar-refractivity contribution in [3.05, 3.63) is 75.8 Å². The Kier molecular flexibility index (Phi) is 4.10. The quantitative estimate of drug-likeness (QED) is 0.480. The lowest BCUT2D eigenvalue weighted by Gasteiger charge is -2.02. The molecule has 0 heterocycles. The van der Waals surface area contributed by atoms with Gasteiger partial charge in [0.05, 0.1) is 17.4 Å². The Morgan fingerprint density at radius 1 is 1.09 bits per heavy atom. The molecular weight excluding hydrogens is 294 g/mol. The summed E-state index contributed by atoms with van der Waals surface area (Å²) < 4.78 is 5.16. The highest BCUT2D eigenvalue weighted by atomic mass is 16.6. The molecule has 23 heavy (non-hydrogen) atoms. The van der Waals surface area contributed by atoms with E-state index in [4.69, 9.17) is 4.74 Å². The van der Waals surface area contributed by atoms with E-state index in [0.717, 1.165) is 5.56 Å². The second-order valence-corrected chi connectivity index (χ2v) is 5.56. The molecule has 0 spiro atoms. The van der Waals surface area contributed by atoms with Crippen LogP contribution in [0.2, 0.25) is 0 Å². The lowest BCUT2D eigenvalue weighted by molar-refractivity contribution is -0.385. The van der Waals surface area contributed by atoms with Crippen LogP contribution >= 0.6 is 0 Å². The molecule has 3 unspecified atom stereocenters. The zero-order valence-corrected chi connectivity index (χ0v) is 12.7. The van der Waals surface area contributed by atoms with E-state index in [2.05, 4.69) is 0 Å². The van der Waals surface area contributed by atoms with Crippen molar-refractivity contribution in [2.45, 2.75) is 18.8 Å². The first-order valence-corrected chi connectivity index (χ1v) is 7.60. The van der Waals surface area contributed by atoms with Crippen molar-refractivity contribution in [2.24, 2.45) is 5.92 Å². The molecule has 0 bridgehead atoms. The number of carbonyl (C=O) groups excluding carboxylic acids is 1. The molecule has 0 amide bonds. The monoisotopic (exact) mass is 311 g/mol. The molecule has 0 N–H and O–H groups in total. The van der Waals surface area contributed by atoms with Gasteiger partial charge in [0.25, 0.3) is 5.69 Å². The van der Waals surface area contributed by atoms with Crippen LogP contribution in [0, 0.1) is 16.0 Å². The van der Waals surface area contributed by atoms with Gasteiger partial charge in [0.2, 0.25) is 0 Å². The average Bonchev–Trinajstić information content (AvgIpc) is 3.31. The molecule has 1 fully saturated rings. The first kappa shape index (κ1) is 15.2. The van der Waals surface area contributed by atoms with Crippen LogP contribution in [0.3, 0.4) is 0 Å². The van der Waals surface area contributed by atoms with Crippen LogP contribution in [0.25, 0.3) is 0 Å². The molecule has 2 aromatic carbocycles. The van der Waals surface area contributed by atoms with Gasteiger partial charge in [0.15, 0.2) is 0 Å². The third-order valence-electron chi connectivity index (χ3n) is 4.26. The van der Waals surface area contributed by atoms with Crippen LogP contribution in [0.5, 0.6) is 0 Å². The first-order valence-electron chi connectivity index (χ1n) is 7.60. The van der Waals surface area contributed by atoms with Crippen molar-refractivity contribution in [1.29, 1.82) is 0 Å². The van der Waals surface area contributed by atoms with Crippen molar-refractivity contribution in [2.75, 3.05) is 6.61 Å². The van der Waals surface area contributed by atoms with Gasteiger partial charge in [-0.3, -0.25) is 14.9 Å². The van der Waals surface area contributed by atoms with Gasteiger partial charge in [-0.15, -0.1) is 0 Å². The maximum Gasteiger partial charge on any atom is 0.310 e. The molecule has 5 nitrogen and oxygen atoms in total. The molecule has 3 atom stereocenters. The lowest BCUT2D eigenvalue weighted by Crippen LogP contribution is -2.08. The largest absolute Gasteiger partial charge is 0.466 e. The number of nitro groups is 1. The highest BCUT2D eigenvalue weighted by Crippen LogP contribution is 2.62. The van der Waals surface area contributed by atoms with Gasteiger partial charge >= 0.3 is 5.97 Å². The second kappa shape index (κ2) is 6.20. The standard InChI is InChI=1S/C18H17NO4/c1-2-23-18(20)17-15(12-8-4-3-5-9-12)16(17)13-10-6-7-11-14(13)19(21)22/h3-11,15-17H,2H2,1H3. The Morgan fingerprint density at radius 3 is 2.39 bits per heavy atom. The molecular formula is C18H17NO4. The van der Waals surface area contributed by atoms with E-state index in [0.29, 0.717) is 12.2 Å². The van der Waals surface area contributed by atoms with E-state index in [1.807, 2.05) is 30.3 Å². The minimum atomic E-state index is -0.391. The number of benzene rings is 2. The fourth-order valence-corrected chi connectivity index (χ4v) is 3.26. The fourth-order valence-electron chi connectivity index (χ4n) is 3.26. The lowest BCUT2D eigenvalue weighted by atomic mass is 10.0. The van der Waals surface area contributed by atoms with Gasteiger partial charge in [-0.1, -0.05) is 48.5 Å². The third-order valence-corrected chi connectivity index (χ3v) is 4.26. The highest BCUT2D eigenvalue weighted by molar-refractivity contribution is 5.81. The number of nitrogens with zero attached hydrogens (tertiary/aromatic N) is 1. The fraction of sp³-hybridized carbons (Fsp3) is 0.278. The number of rotatable bonds is 5. The Morgan fingerprint density at radius 2 is 1.74 bits per heavy atom.